The summed E-state index contributed by atoms with van der Waals surface area (Å²) in [6, 6.07) is 19.0. The van der Waals surface area contributed by atoms with Crippen molar-refractivity contribution in [3.8, 4) is 33.9 Å². The number of hydrogen-bond acceptors (Lipinski definition) is 19. The molecule has 6 heterocycles. The fraction of sp³-hybridized carbons (Fsp3) is 0.375. The summed E-state index contributed by atoms with van der Waals surface area (Å²) in [6.07, 6.45) is 7.30. The molecule has 2 amide bonds. The Kier molecular flexibility index (Phi) is 16.2. The highest BCUT2D eigenvalue weighted by molar-refractivity contribution is 6.08. The standard InChI is InChI=1S/C56H63N15O9/c1-3-34(2)50(71-33-37(62-65-71)6-4-5-18-57)52(77)67-21-25-69(26-22-67)56-60-54(58-36-9-14-42(45(29-36)53(78)79)49-43-15-12-40(74)30-47(43)80-48-31-41(75)13-16-44(48)49)59-55(61-56)68-23-19-66(20-24-68)51(76)46(28-35-7-10-39(73)11-8-35)70-32-38(17-27-72)63-64-70/h7-16,29-34,46,50,72-74H,3-6,17-28,57H2,1-2H3,(H,78,79)(H,58,59,60,61)/t34-,46-,50-/m0/s1. The van der Waals surface area contributed by atoms with Crippen LogP contribution in [0.25, 0.3) is 33.4 Å². The summed E-state index contributed by atoms with van der Waals surface area (Å²) in [7, 11) is 0. The zero-order valence-corrected chi connectivity index (χ0v) is 44.4. The minimum absolute atomic E-state index is 0.0221. The van der Waals surface area contributed by atoms with Crippen LogP contribution in [0.1, 0.15) is 72.5 Å². The van der Waals surface area contributed by atoms with Crippen molar-refractivity contribution >= 4 is 52.3 Å². The van der Waals surface area contributed by atoms with E-state index in [1.165, 1.54) is 35.0 Å². The lowest BCUT2D eigenvalue weighted by Crippen LogP contribution is -2.52. The monoisotopic (exact) mass is 1090 g/mol. The van der Waals surface area contributed by atoms with Crippen LogP contribution in [0.2, 0.25) is 0 Å². The highest BCUT2D eigenvalue weighted by Crippen LogP contribution is 2.43. The van der Waals surface area contributed by atoms with E-state index in [4.69, 9.17) is 25.1 Å². The van der Waals surface area contributed by atoms with Gasteiger partial charge in [-0.25, -0.2) is 14.2 Å². The lowest BCUT2D eigenvalue weighted by atomic mass is 9.90. The second kappa shape index (κ2) is 23.9. The molecule has 24 nitrogen and oxygen atoms in total. The number of aromatic hydroxyl groups is 2. The van der Waals surface area contributed by atoms with Crippen molar-refractivity contribution in [1.82, 2.24) is 54.7 Å². The maximum Gasteiger partial charge on any atom is 0.336 e. The second-order valence-corrected chi connectivity index (χ2v) is 20.2. The Balaban J connectivity index is 0.938. The van der Waals surface area contributed by atoms with Gasteiger partial charge in [0.15, 0.2) is 5.43 Å². The average Bonchev–Trinajstić information content (AvgIpc) is 4.23. The van der Waals surface area contributed by atoms with E-state index in [2.05, 4.69) is 25.9 Å². The number of carboxylic acids is 1. The highest BCUT2D eigenvalue weighted by atomic mass is 16.4. The first-order valence-corrected chi connectivity index (χ1v) is 26.9. The van der Waals surface area contributed by atoms with Crippen LogP contribution in [-0.2, 0) is 28.9 Å². The molecule has 1 aliphatic carbocycles. The van der Waals surface area contributed by atoms with Gasteiger partial charge in [-0.3, -0.25) is 14.4 Å². The van der Waals surface area contributed by atoms with Gasteiger partial charge in [-0.2, -0.15) is 15.0 Å². The molecule has 0 spiro atoms. The summed E-state index contributed by atoms with van der Waals surface area (Å²) in [5, 5.41) is 61.7. The molecular weight excluding hydrogens is 1030 g/mol. The van der Waals surface area contributed by atoms with Gasteiger partial charge in [0.2, 0.25) is 29.7 Å². The van der Waals surface area contributed by atoms with E-state index in [1.54, 1.807) is 64.3 Å². The molecule has 2 fully saturated rings. The molecule has 416 valence electrons. The number of aromatic nitrogens is 9. The molecule has 0 bridgehead atoms. The molecule has 0 saturated carbocycles. The molecule has 0 unspecified atom stereocenters. The molecule has 10 rings (SSSR count). The van der Waals surface area contributed by atoms with E-state index in [1.807, 2.05) is 34.7 Å². The maximum atomic E-state index is 14.5. The zero-order chi connectivity index (χ0) is 56.0. The van der Waals surface area contributed by atoms with E-state index in [9.17, 15) is 39.6 Å². The van der Waals surface area contributed by atoms with Gasteiger partial charge in [0, 0.05) is 119 Å². The average molecular weight is 1090 g/mol. The molecule has 6 aromatic rings. The minimum atomic E-state index is -1.23. The highest BCUT2D eigenvalue weighted by Gasteiger charge is 2.35. The molecule has 3 aromatic heterocycles. The number of aliphatic hydroxyl groups excluding tert-OH is 1. The Hall–Kier alpha value is -9.03. The molecule has 24 heteroatoms. The SMILES string of the molecule is CC[C@H](C)[C@@H](C(=O)N1CCN(c2nc(Nc3ccc(-c4c5ccc(=O)cc-5oc5cc(O)ccc45)c(C(=O)O)c3)nc(N3CCN(C(=O)[C@H](Cc4ccc(O)cc4)n4cc(CCO)nn4)CC3)n2)CC1)n1cc(CCCCN)nn1. The molecule has 2 saturated heterocycles. The Bertz CT molecular complexity index is 3530. The molecule has 3 aliphatic heterocycles. The van der Waals surface area contributed by atoms with Crippen molar-refractivity contribution in [3.05, 3.63) is 124 Å². The van der Waals surface area contributed by atoms with Crippen LogP contribution in [0.15, 0.2) is 100 Å². The van der Waals surface area contributed by atoms with Crippen molar-refractivity contribution in [2.45, 2.75) is 64.5 Å². The van der Waals surface area contributed by atoms with Gasteiger partial charge < -0.3 is 55.5 Å². The van der Waals surface area contributed by atoms with Crippen LogP contribution in [-0.4, -0.2) is 158 Å². The molecule has 4 aliphatic rings. The van der Waals surface area contributed by atoms with Crippen molar-refractivity contribution < 1.29 is 39.2 Å². The zero-order valence-electron chi connectivity index (χ0n) is 44.4. The number of aryl methyl sites for hydroxylation is 1. The number of benzene rings is 4. The number of nitrogens with zero attached hydrogens (tertiary/aromatic N) is 13. The summed E-state index contributed by atoms with van der Waals surface area (Å²) in [5.41, 5.74) is 9.41. The maximum absolute atomic E-state index is 14.5. The first-order valence-electron chi connectivity index (χ1n) is 26.9. The third kappa shape index (κ3) is 11.9. The Morgan fingerprint density at radius 1 is 0.725 bits per heavy atom. The van der Waals surface area contributed by atoms with Crippen LogP contribution < -0.4 is 26.3 Å². The molecule has 7 N–H and O–H groups in total. The number of fused-ring (bicyclic) bond motifs is 2. The van der Waals surface area contributed by atoms with E-state index in [0.29, 0.717) is 104 Å². The van der Waals surface area contributed by atoms with Gasteiger partial charge in [0.25, 0.3) is 0 Å². The fourth-order valence-electron chi connectivity index (χ4n) is 10.3. The number of aromatic carboxylic acids is 1. The fourth-order valence-corrected chi connectivity index (χ4v) is 10.3. The van der Waals surface area contributed by atoms with Gasteiger partial charge in [-0.15, -0.1) is 10.2 Å². The minimum Gasteiger partial charge on any atom is -0.508 e. The molecule has 3 aromatic carbocycles. The van der Waals surface area contributed by atoms with E-state index >= 15 is 0 Å². The number of phenolic OH excluding ortho intramolecular Hbond substituents is 2. The number of amides is 2. The van der Waals surface area contributed by atoms with Crippen molar-refractivity contribution in [2.75, 3.05) is 80.6 Å². The van der Waals surface area contributed by atoms with Gasteiger partial charge in [-0.1, -0.05) is 48.9 Å². The third-order valence-corrected chi connectivity index (χ3v) is 14.9. The van der Waals surface area contributed by atoms with Gasteiger partial charge >= 0.3 is 5.97 Å². The van der Waals surface area contributed by atoms with Gasteiger partial charge in [-0.05, 0) is 91.4 Å². The number of nitrogens with two attached hydrogens (primary N) is 1. The van der Waals surface area contributed by atoms with Crippen LogP contribution in [0, 0.1) is 5.92 Å². The lowest BCUT2D eigenvalue weighted by Gasteiger charge is -2.38. The number of aliphatic hydroxyl groups is 1. The van der Waals surface area contributed by atoms with Crippen molar-refractivity contribution in [2.24, 2.45) is 11.7 Å². The topological polar surface area (TPSA) is 313 Å². The van der Waals surface area contributed by atoms with Crippen LogP contribution >= 0.6 is 0 Å². The van der Waals surface area contributed by atoms with Crippen LogP contribution in [0.4, 0.5) is 23.5 Å². The largest absolute Gasteiger partial charge is 0.508 e. The number of nitrogens with one attached hydrogen (secondary N) is 1. The summed E-state index contributed by atoms with van der Waals surface area (Å²) in [4.78, 5) is 76.9. The Morgan fingerprint density at radius 2 is 1.36 bits per heavy atom. The van der Waals surface area contributed by atoms with Gasteiger partial charge in [0.05, 0.1) is 17.0 Å². The summed E-state index contributed by atoms with van der Waals surface area (Å²) in [6.45, 7) is 7.29. The third-order valence-electron chi connectivity index (χ3n) is 14.9. The van der Waals surface area contributed by atoms with E-state index in [0.717, 1.165) is 36.9 Å². The predicted molar refractivity (Wildman–Crippen MR) is 296 cm³/mol. The molecular formula is C56H63N15O9. The Morgan fingerprint density at radius 3 is 2.02 bits per heavy atom. The smallest absolute Gasteiger partial charge is 0.336 e. The number of carbonyl (C=O) groups is 3. The number of anilines is 4. The number of carboxylic acid groups (broad SMARTS) is 1. The van der Waals surface area contributed by atoms with Crippen molar-refractivity contribution in [3.63, 3.8) is 0 Å². The molecule has 3 atom stereocenters. The lowest BCUT2D eigenvalue weighted by molar-refractivity contribution is -0.137. The normalized spacial score (nSPS) is 15.1. The number of piperazine rings is 2. The predicted octanol–water partition coefficient (Wildman–Crippen LogP) is 4.67. The molecule has 0 radical (unpaired) electrons. The van der Waals surface area contributed by atoms with Gasteiger partial charge in [0.1, 0.15) is 34.9 Å². The quantitative estimate of drug-likeness (QED) is 0.0446. The first-order chi connectivity index (χ1) is 38.8. The summed E-state index contributed by atoms with van der Waals surface area (Å²) in [5.74, 6) is -0.511. The number of hydrogen-bond donors (Lipinski definition) is 6. The molecule has 80 heavy (non-hydrogen) atoms. The summed E-state index contributed by atoms with van der Waals surface area (Å²) >= 11 is 0. The van der Waals surface area contributed by atoms with E-state index < -0.39 is 18.1 Å². The van der Waals surface area contributed by atoms with E-state index in [-0.39, 0.29) is 77.0 Å². The number of carbonyl (C=O) groups excluding carboxylic acids is 2. The summed E-state index contributed by atoms with van der Waals surface area (Å²) < 4.78 is 9.25. The first kappa shape index (κ1) is 54.3. The van der Waals surface area contributed by atoms with Crippen LogP contribution in [0.3, 0.4) is 0 Å². The van der Waals surface area contributed by atoms with Crippen LogP contribution in [0.5, 0.6) is 11.5 Å². The number of rotatable bonds is 20. The second-order valence-electron chi connectivity index (χ2n) is 20.2. The number of phenols is 2. The van der Waals surface area contributed by atoms with Crippen molar-refractivity contribution in [1.29, 1.82) is 0 Å². The Labute approximate surface area is 459 Å². The number of unbranched alkanes of at least 4 members (excludes halogenated alkanes) is 1.